The molecule has 0 fully saturated rings. The van der Waals surface area contributed by atoms with E-state index in [9.17, 15) is 13.2 Å². The Bertz CT molecular complexity index is 1190. The van der Waals surface area contributed by atoms with E-state index in [1.807, 2.05) is 25.1 Å². The fraction of sp³-hybridized carbons (Fsp3) is 0.105. The Morgan fingerprint density at radius 3 is 2.48 bits per heavy atom. The predicted octanol–water partition coefficient (Wildman–Crippen LogP) is 5.48. The summed E-state index contributed by atoms with van der Waals surface area (Å²) in [5.41, 5.74) is 7.17. The molecule has 0 aliphatic carbocycles. The van der Waals surface area contributed by atoms with Gasteiger partial charge in [0.1, 0.15) is 12.0 Å². The van der Waals surface area contributed by atoms with Crippen molar-refractivity contribution in [3.05, 3.63) is 59.9 Å². The molecule has 0 unspecified atom stereocenters. The molecule has 6 nitrogen and oxygen atoms in total. The molecular formula is C19H15F3N6S. The number of nitrogens with one attached hydrogen (secondary N) is 2. The quantitative estimate of drug-likeness (QED) is 0.408. The van der Waals surface area contributed by atoms with Gasteiger partial charge in [-0.3, -0.25) is 0 Å². The van der Waals surface area contributed by atoms with Crippen molar-refractivity contribution < 1.29 is 13.2 Å². The van der Waals surface area contributed by atoms with Crippen molar-refractivity contribution in [1.82, 2.24) is 15.0 Å². The molecule has 2 aromatic heterocycles. The normalized spacial score (nSPS) is 11.6. The minimum atomic E-state index is -4.51. The van der Waals surface area contributed by atoms with Gasteiger partial charge in [-0.1, -0.05) is 29.5 Å². The lowest BCUT2D eigenvalue weighted by atomic mass is 10.1. The molecule has 10 heteroatoms. The number of para-hydroxylation sites is 1. The third-order valence-corrected chi connectivity index (χ3v) is 5.07. The molecule has 0 bridgehead atoms. The van der Waals surface area contributed by atoms with Crippen LogP contribution < -0.4 is 16.4 Å². The number of hydrogen-bond acceptors (Lipinski definition) is 7. The summed E-state index contributed by atoms with van der Waals surface area (Å²) in [7, 11) is 0. The summed E-state index contributed by atoms with van der Waals surface area (Å²) in [4.78, 5) is 12.5. The minimum Gasteiger partial charge on any atom is -0.393 e. The number of alkyl halides is 3. The van der Waals surface area contributed by atoms with E-state index in [0.29, 0.717) is 5.13 Å². The van der Waals surface area contributed by atoms with Gasteiger partial charge >= 0.3 is 6.18 Å². The van der Waals surface area contributed by atoms with Crippen molar-refractivity contribution >= 4 is 49.7 Å². The highest BCUT2D eigenvalue weighted by atomic mass is 32.1. The maximum Gasteiger partial charge on any atom is 0.418 e. The van der Waals surface area contributed by atoms with E-state index >= 15 is 0 Å². The Labute approximate surface area is 167 Å². The molecule has 0 aliphatic heterocycles. The van der Waals surface area contributed by atoms with E-state index in [1.54, 1.807) is 0 Å². The maximum absolute atomic E-state index is 13.2. The molecule has 2 heterocycles. The molecule has 29 heavy (non-hydrogen) atoms. The van der Waals surface area contributed by atoms with Crippen LogP contribution in [-0.2, 0) is 6.18 Å². The maximum atomic E-state index is 13.2. The number of fused-ring (bicyclic) bond motifs is 1. The molecule has 148 valence electrons. The highest BCUT2D eigenvalue weighted by Gasteiger charge is 2.33. The van der Waals surface area contributed by atoms with Gasteiger partial charge < -0.3 is 16.4 Å². The molecule has 0 saturated heterocycles. The van der Waals surface area contributed by atoms with Crippen molar-refractivity contribution in [3.63, 3.8) is 0 Å². The van der Waals surface area contributed by atoms with E-state index in [-0.39, 0.29) is 23.0 Å². The number of halogens is 3. The number of hydrogen-bond donors (Lipinski definition) is 3. The molecule has 4 rings (SSSR count). The van der Waals surface area contributed by atoms with E-state index in [0.717, 1.165) is 21.8 Å². The largest absolute Gasteiger partial charge is 0.418 e. The van der Waals surface area contributed by atoms with Crippen molar-refractivity contribution in [2.45, 2.75) is 13.1 Å². The van der Waals surface area contributed by atoms with E-state index in [4.69, 9.17) is 5.73 Å². The number of thiazole rings is 1. The Morgan fingerprint density at radius 2 is 1.72 bits per heavy atom. The average Bonchev–Trinajstić information content (AvgIpc) is 3.06. The number of benzene rings is 2. The summed E-state index contributed by atoms with van der Waals surface area (Å²) in [5, 5.41) is 6.24. The second-order valence-corrected chi connectivity index (χ2v) is 7.30. The second kappa shape index (κ2) is 7.21. The van der Waals surface area contributed by atoms with Gasteiger partial charge in [0, 0.05) is 0 Å². The molecule has 4 N–H and O–H groups in total. The van der Waals surface area contributed by atoms with E-state index in [1.165, 1.54) is 35.9 Å². The summed E-state index contributed by atoms with van der Waals surface area (Å²) < 4.78 is 40.7. The number of rotatable bonds is 4. The first kappa shape index (κ1) is 18.9. The monoisotopic (exact) mass is 416 g/mol. The van der Waals surface area contributed by atoms with Crippen LogP contribution in [0.2, 0.25) is 0 Å². The summed E-state index contributed by atoms with van der Waals surface area (Å²) in [5.74, 6) is 0.318. The number of nitrogens with two attached hydrogens (primary N) is 1. The Kier molecular flexibility index (Phi) is 4.71. The fourth-order valence-electron chi connectivity index (χ4n) is 2.75. The lowest BCUT2D eigenvalue weighted by molar-refractivity contribution is -0.136. The van der Waals surface area contributed by atoms with Crippen LogP contribution in [0.1, 0.15) is 11.1 Å². The smallest absolute Gasteiger partial charge is 0.393 e. The zero-order chi connectivity index (χ0) is 20.6. The number of nitrogen functional groups attached to an aromatic ring is 1. The average molecular weight is 416 g/mol. The summed E-state index contributed by atoms with van der Waals surface area (Å²) in [6.45, 7) is 1.99. The Hall–Kier alpha value is -3.40. The van der Waals surface area contributed by atoms with Crippen molar-refractivity contribution in [1.29, 1.82) is 0 Å². The number of aromatic nitrogens is 3. The molecule has 4 aromatic rings. The second-order valence-electron chi connectivity index (χ2n) is 6.27. The summed E-state index contributed by atoms with van der Waals surface area (Å²) in [6, 6.07) is 11.0. The molecule has 0 aliphatic rings. The van der Waals surface area contributed by atoms with Crippen LogP contribution in [0.25, 0.3) is 10.2 Å². The Morgan fingerprint density at radius 1 is 1.00 bits per heavy atom. The van der Waals surface area contributed by atoms with E-state index < -0.39 is 11.7 Å². The predicted molar refractivity (Wildman–Crippen MR) is 109 cm³/mol. The van der Waals surface area contributed by atoms with Crippen LogP contribution in [0.4, 0.5) is 41.3 Å². The molecule has 0 atom stereocenters. The van der Waals surface area contributed by atoms with E-state index in [2.05, 4.69) is 25.6 Å². The molecular weight excluding hydrogens is 401 g/mol. The highest BCUT2D eigenvalue weighted by molar-refractivity contribution is 7.22. The first-order valence-corrected chi connectivity index (χ1v) is 9.31. The van der Waals surface area contributed by atoms with Crippen LogP contribution in [0, 0.1) is 6.92 Å². The zero-order valence-corrected chi connectivity index (χ0v) is 15.9. The number of anilines is 5. The van der Waals surface area contributed by atoms with Crippen LogP contribution in [0.3, 0.4) is 0 Å². The van der Waals surface area contributed by atoms with Gasteiger partial charge in [0.05, 0.1) is 21.5 Å². The molecule has 2 aromatic carbocycles. The van der Waals surface area contributed by atoms with Crippen molar-refractivity contribution in [3.8, 4) is 0 Å². The minimum absolute atomic E-state index is 0.0659. The summed E-state index contributed by atoms with van der Waals surface area (Å²) in [6.07, 6.45) is -3.29. The van der Waals surface area contributed by atoms with Crippen molar-refractivity contribution in [2.24, 2.45) is 0 Å². The van der Waals surface area contributed by atoms with Crippen LogP contribution in [-0.4, -0.2) is 15.0 Å². The lowest BCUT2D eigenvalue weighted by Crippen LogP contribution is -2.10. The summed E-state index contributed by atoms with van der Waals surface area (Å²) >= 11 is 1.42. The highest BCUT2D eigenvalue weighted by Crippen LogP contribution is 2.37. The third kappa shape index (κ3) is 3.92. The lowest BCUT2D eigenvalue weighted by Gasteiger charge is -2.15. The van der Waals surface area contributed by atoms with Crippen molar-refractivity contribution in [2.75, 3.05) is 16.4 Å². The van der Waals surface area contributed by atoms with Gasteiger partial charge in [0.2, 0.25) is 0 Å². The van der Waals surface area contributed by atoms with Gasteiger partial charge in [-0.15, -0.1) is 0 Å². The number of aryl methyl sites for hydroxylation is 1. The van der Waals surface area contributed by atoms with Gasteiger partial charge in [0.15, 0.2) is 16.8 Å². The van der Waals surface area contributed by atoms with Gasteiger partial charge in [-0.25, -0.2) is 15.0 Å². The molecule has 0 saturated carbocycles. The van der Waals surface area contributed by atoms with Crippen LogP contribution >= 0.6 is 11.3 Å². The molecule has 0 spiro atoms. The standard InChI is InChI=1S/C19H15F3N6S/c1-10-6-7-13-14(8-10)29-18(27-13)28-17-15(23)16(24-9-25-17)26-12-5-3-2-4-11(12)19(20,21)22/h2-9H,23H2,1H3,(H2,24,25,26,27,28). The number of nitrogens with zero attached hydrogens (tertiary/aromatic N) is 3. The Balaban J connectivity index is 1.64. The van der Waals surface area contributed by atoms with Gasteiger partial charge in [-0.05, 0) is 36.8 Å². The first-order valence-electron chi connectivity index (χ1n) is 8.49. The molecule has 0 amide bonds. The van der Waals surface area contributed by atoms with Crippen LogP contribution in [0.5, 0.6) is 0 Å². The first-order chi connectivity index (χ1) is 13.8. The van der Waals surface area contributed by atoms with Gasteiger partial charge in [-0.2, -0.15) is 13.2 Å². The van der Waals surface area contributed by atoms with Gasteiger partial charge in [0.25, 0.3) is 0 Å². The zero-order valence-electron chi connectivity index (χ0n) is 15.1. The SMILES string of the molecule is Cc1ccc2nc(Nc3ncnc(Nc4ccccc4C(F)(F)F)c3N)sc2c1. The topological polar surface area (TPSA) is 88.8 Å². The third-order valence-electron chi connectivity index (χ3n) is 4.14. The van der Waals surface area contributed by atoms with Crippen LogP contribution in [0.15, 0.2) is 48.8 Å². The molecule has 0 radical (unpaired) electrons. The fourth-order valence-corrected chi connectivity index (χ4v) is 3.71.